The number of hydrogen-bond acceptors (Lipinski definition) is 3. The molecule has 0 aliphatic carbocycles. The van der Waals surface area contributed by atoms with Crippen LogP contribution in [0.25, 0.3) is 0 Å². The molecule has 3 nitrogen and oxygen atoms in total. The van der Waals surface area contributed by atoms with Gasteiger partial charge in [0.15, 0.2) is 0 Å². The highest BCUT2D eigenvalue weighted by Gasteiger charge is 2.07. The van der Waals surface area contributed by atoms with Crippen LogP contribution in [0.15, 0.2) is 0 Å². The molecule has 11 heavy (non-hydrogen) atoms. The monoisotopic (exact) mass is 157 g/mol. The lowest BCUT2D eigenvalue weighted by Gasteiger charge is -2.00. The average molecular weight is 157 g/mol. The smallest absolute Gasteiger partial charge is 0.313 e. The van der Waals surface area contributed by atoms with Crippen molar-refractivity contribution in [1.82, 2.24) is 0 Å². The van der Waals surface area contributed by atoms with Crippen molar-refractivity contribution in [2.45, 2.75) is 26.2 Å². The minimum atomic E-state index is -0.444. The van der Waals surface area contributed by atoms with Crippen molar-refractivity contribution in [2.75, 3.05) is 6.61 Å². The van der Waals surface area contributed by atoms with Gasteiger partial charge >= 0.3 is 5.97 Å². The predicted octanol–water partition coefficient (Wildman–Crippen LogP) is 1.12. The van der Waals surface area contributed by atoms with Crippen molar-refractivity contribution < 1.29 is 14.3 Å². The van der Waals surface area contributed by atoms with Crippen LogP contribution < -0.4 is 0 Å². The molecule has 0 rings (SSSR count). The van der Waals surface area contributed by atoms with Crippen LogP contribution in [0.5, 0.6) is 0 Å². The molecular weight excluding hydrogens is 144 g/mol. The molecule has 1 radical (unpaired) electrons. The van der Waals surface area contributed by atoms with E-state index in [1.165, 1.54) is 0 Å². The fraction of sp³-hybridized carbons (Fsp3) is 0.625. The number of carbonyl (C=O) groups is 2. The van der Waals surface area contributed by atoms with Gasteiger partial charge in [-0.25, -0.2) is 0 Å². The van der Waals surface area contributed by atoms with Gasteiger partial charge in [-0.1, -0.05) is 6.92 Å². The Morgan fingerprint density at radius 3 is 2.55 bits per heavy atom. The van der Waals surface area contributed by atoms with Crippen LogP contribution >= 0.6 is 0 Å². The van der Waals surface area contributed by atoms with Crippen LogP contribution in [0.4, 0.5) is 0 Å². The van der Waals surface area contributed by atoms with Crippen molar-refractivity contribution in [3.8, 4) is 0 Å². The molecule has 0 saturated heterocycles. The van der Waals surface area contributed by atoms with Crippen molar-refractivity contribution in [3.63, 3.8) is 0 Å². The standard InChI is InChI=1S/C8H13O3/c1-3-5-11-8(10)6-7(9)4-2/h2-6H2,1H3. The highest BCUT2D eigenvalue weighted by molar-refractivity contribution is 5.95. The van der Waals surface area contributed by atoms with E-state index in [4.69, 9.17) is 0 Å². The summed E-state index contributed by atoms with van der Waals surface area (Å²) >= 11 is 0. The summed E-state index contributed by atoms with van der Waals surface area (Å²) in [7, 11) is 0. The molecule has 0 bridgehead atoms. The summed E-state index contributed by atoms with van der Waals surface area (Å²) in [6.45, 7) is 5.65. The Kier molecular flexibility index (Phi) is 5.43. The van der Waals surface area contributed by atoms with Gasteiger partial charge in [0.1, 0.15) is 12.2 Å². The molecule has 0 amide bonds. The number of ether oxygens (including phenoxy) is 1. The summed E-state index contributed by atoms with van der Waals surface area (Å²) in [5.41, 5.74) is 0. The topological polar surface area (TPSA) is 43.4 Å². The highest BCUT2D eigenvalue weighted by atomic mass is 16.5. The Balaban J connectivity index is 3.44. The van der Waals surface area contributed by atoms with E-state index in [1.54, 1.807) is 0 Å². The molecule has 0 aromatic heterocycles. The molecule has 0 aliphatic rings. The molecular formula is C8H13O3. The zero-order chi connectivity index (χ0) is 8.69. The van der Waals surface area contributed by atoms with Crippen molar-refractivity contribution in [2.24, 2.45) is 0 Å². The van der Waals surface area contributed by atoms with Gasteiger partial charge in [0.05, 0.1) is 6.61 Å². The van der Waals surface area contributed by atoms with E-state index >= 15 is 0 Å². The summed E-state index contributed by atoms with van der Waals surface area (Å²) in [5.74, 6) is -0.619. The van der Waals surface area contributed by atoms with Gasteiger partial charge in [-0.3, -0.25) is 9.59 Å². The quantitative estimate of drug-likeness (QED) is 0.443. The van der Waals surface area contributed by atoms with Gasteiger partial charge in [-0.15, -0.1) is 0 Å². The Hall–Kier alpha value is -0.860. The Bertz CT molecular complexity index is 140. The van der Waals surface area contributed by atoms with Crippen molar-refractivity contribution in [1.29, 1.82) is 0 Å². The maximum atomic E-state index is 10.7. The van der Waals surface area contributed by atoms with Gasteiger partial charge < -0.3 is 4.74 Å². The number of hydrogen-bond donors (Lipinski definition) is 0. The van der Waals surface area contributed by atoms with Crippen LogP contribution in [0.2, 0.25) is 0 Å². The van der Waals surface area contributed by atoms with E-state index in [-0.39, 0.29) is 18.6 Å². The first-order valence-electron chi connectivity index (χ1n) is 3.67. The van der Waals surface area contributed by atoms with Gasteiger partial charge in [-0.05, 0) is 13.3 Å². The van der Waals surface area contributed by atoms with E-state index in [0.29, 0.717) is 6.61 Å². The fourth-order valence-electron chi connectivity index (χ4n) is 0.516. The lowest BCUT2D eigenvalue weighted by atomic mass is 10.2. The number of esters is 1. The zero-order valence-electron chi connectivity index (χ0n) is 6.76. The maximum Gasteiger partial charge on any atom is 0.313 e. The minimum Gasteiger partial charge on any atom is -0.465 e. The molecule has 0 fully saturated rings. The first kappa shape index (κ1) is 10.1. The van der Waals surface area contributed by atoms with Gasteiger partial charge in [0.25, 0.3) is 0 Å². The Morgan fingerprint density at radius 1 is 1.45 bits per heavy atom. The van der Waals surface area contributed by atoms with E-state index < -0.39 is 5.97 Å². The second-order valence-corrected chi connectivity index (χ2v) is 2.19. The third kappa shape index (κ3) is 5.58. The van der Waals surface area contributed by atoms with Crippen LogP contribution in [-0.4, -0.2) is 18.4 Å². The molecule has 63 valence electrons. The van der Waals surface area contributed by atoms with Crippen LogP contribution in [0, 0.1) is 6.92 Å². The highest BCUT2D eigenvalue weighted by Crippen LogP contribution is 1.92. The van der Waals surface area contributed by atoms with Gasteiger partial charge in [0.2, 0.25) is 0 Å². The Labute approximate surface area is 66.7 Å². The van der Waals surface area contributed by atoms with E-state index in [2.05, 4.69) is 11.7 Å². The molecule has 0 saturated carbocycles. The third-order valence-corrected chi connectivity index (χ3v) is 1.09. The lowest BCUT2D eigenvalue weighted by molar-refractivity contribution is -0.145. The van der Waals surface area contributed by atoms with E-state index in [0.717, 1.165) is 6.42 Å². The van der Waals surface area contributed by atoms with Gasteiger partial charge in [-0.2, -0.15) is 0 Å². The molecule has 0 aliphatic heterocycles. The second kappa shape index (κ2) is 5.89. The van der Waals surface area contributed by atoms with Crippen LogP contribution in [0.1, 0.15) is 26.2 Å². The first-order valence-corrected chi connectivity index (χ1v) is 3.67. The number of ketones is 1. The predicted molar refractivity (Wildman–Crippen MR) is 40.8 cm³/mol. The van der Waals surface area contributed by atoms with Crippen LogP contribution in [0.3, 0.4) is 0 Å². The van der Waals surface area contributed by atoms with Crippen molar-refractivity contribution >= 4 is 11.8 Å². The third-order valence-electron chi connectivity index (χ3n) is 1.09. The second-order valence-electron chi connectivity index (χ2n) is 2.19. The number of carbonyl (C=O) groups excluding carboxylic acids is 2. The molecule has 3 heteroatoms. The minimum absolute atomic E-state index is 0.135. The Morgan fingerprint density at radius 2 is 2.09 bits per heavy atom. The summed E-state index contributed by atoms with van der Waals surface area (Å²) in [5, 5.41) is 0. The SMILES string of the molecule is [CH2]CC(=O)CC(=O)OCCC. The van der Waals surface area contributed by atoms with Gasteiger partial charge in [0, 0.05) is 6.42 Å². The summed E-state index contributed by atoms with van der Waals surface area (Å²) in [6.07, 6.45) is 0.801. The molecule has 0 atom stereocenters. The summed E-state index contributed by atoms with van der Waals surface area (Å²) < 4.78 is 4.68. The molecule has 0 unspecified atom stereocenters. The van der Waals surface area contributed by atoms with E-state index in [9.17, 15) is 9.59 Å². The molecule has 0 N–H and O–H groups in total. The van der Waals surface area contributed by atoms with E-state index in [1.807, 2.05) is 6.92 Å². The summed E-state index contributed by atoms with van der Waals surface area (Å²) in [4.78, 5) is 21.3. The normalized spacial score (nSPS) is 9.27. The molecule has 0 heterocycles. The number of rotatable bonds is 5. The number of Topliss-reactive ketones (excluding diaryl/α,β-unsaturated/α-hetero) is 1. The largest absolute Gasteiger partial charge is 0.465 e. The fourth-order valence-corrected chi connectivity index (χ4v) is 0.516. The maximum absolute atomic E-state index is 10.7. The summed E-state index contributed by atoms with van der Waals surface area (Å²) in [6, 6.07) is 0. The molecule has 0 aromatic rings. The zero-order valence-corrected chi connectivity index (χ0v) is 6.76. The molecule has 0 aromatic carbocycles. The average Bonchev–Trinajstić information content (AvgIpc) is 2.00. The lowest BCUT2D eigenvalue weighted by Crippen LogP contribution is -2.10. The first-order chi connectivity index (χ1) is 5.20. The molecule has 0 spiro atoms. The van der Waals surface area contributed by atoms with Crippen molar-refractivity contribution in [3.05, 3.63) is 6.92 Å². The van der Waals surface area contributed by atoms with Crippen LogP contribution in [-0.2, 0) is 14.3 Å².